The highest BCUT2D eigenvalue weighted by atomic mass is 35.5. The first kappa shape index (κ1) is 18.0. The van der Waals surface area contributed by atoms with Crippen molar-refractivity contribution in [1.82, 2.24) is 14.8 Å². The van der Waals surface area contributed by atoms with Crippen LogP contribution in [-0.2, 0) is 4.79 Å². The average molecular weight is 401 g/mol. The summed E-state index contributed by atoms with van der Waals surface area (Å²) in [4.78, 5) is 18.9. The summed E-state index contributed by atoms with van der Waals surface area (Å²) < 4.78 is 1.82. The lowest BCUT2D eigenvalue weighted by Crippen LogP contribution is -2.42. The van der Waals surface area contributed by atoms with Crippen LogP contribution in [0, 0.1) is 0 Å². The van der Waals surface area contributed by atoms with Crippen molar-refractivity contribution in [3.63, 3.8) is 0 Å². The molecule has 27 heavy (non-hydrogen) atoms. The molecule has 5 nitrogen and oxygen atoms in total. The van der Waals surface area contributed by atoms with Crippen LogP contribution in [0.15, 0.2) is 54.9 Å². The standard InChI is InChI=1S/C20H18Cl2N4O/c1-2-19(27)25-17(13-3-7-15(21)8-4-13)11-18(26-20(25)23-12-24-26)14-5-9-16(22)10-6-14/h3-10,12,17-18H,2,11H2,1H3/t17-,18+/m0/s1. The van der Waals surface area contributed by atoms with Crippen LogP contribution in [0.3, 0.4) is 0 Å². The van der Waals surface area contributed by atoms with Crippen LogP contribution >= 0.6 is 23.2 Å². The number of hydrogen-bond acceptors (Lipinski definition) is 3. The minimum Gasteiger partial charge on any atom is -0.274 e. The number of amides is 1. The summed E-state index contributed by atoms with van der Waals surface area (Å²) in [7, 11) is 0. The number of fused-ring (bicyclic) bond motifs is 1. The lowest BCUT2D eigenvalue weighted by atomic mass is 9.92. The molecule has 0 saturated heterocycles. The van der Waals surface area contributed by atoms with Crippen molar-refractivity contribution in [2.75, 3.05) is 4.90 Å². The van der Waals surface area contributed by atoms with E-state index in [1.165, 1.54) is 6.33 Å². The molecule has 0 fully saturated rings. The average Bonchev–Trinajstić information content (AvgIpc) is 3.17. The Kier molecular flexibility index (Phi) is 4.89. The fraction of sp³-hybridized carbons (Fsp3) is 0.250. The first-order valence-corrected chi connectivity index (χ1v) is 9.56. The molecule has 3 aromatic rings. The van der Waals surface area contributed by atoms with Gasteiger partial charge in [-0.3, -0.25) is 9.69 Å². The Morgan fingerprint density at radius 2 is 1.56 bits per heavy atom. The van der Waals surface area contributed by atoms with Gasteiger partial charge in [-0.1, -0.05) is 54.4 Å². The molecule has 7 heteroatoms. The third kappa shape index (κ3) is 3.33. The molecule has 0 unspecified atom stereocenters. The lowest BCUT2D eigenvalue weighted by molar-refractivity contribution is -0.119. The van der Waals surface area contributed by atoms with E-state index in [1.807, 2.05) is 60.1 Å². The Hall–Kier alpha value is -2.37. The molecule has 0 saturated carbocycles. The molecule has 1 aliphatic rings. The molecule has 2 aromatic carbocycles. The highest BCUT2D eigenvalue weighted by Gasteiger charge is 2.38. The minimum absolute atomic E-state index is 0.0127. The molecular formula is C20H18Cl2N4O. The zero-order chi connectivity index (χ0) is 19.0. The first-order valence-electron chi connectivity index (χ1n) is 8.81. The molecule has 1 aromatic heterocycles. The van der Waals surface area contributed by atoms with Gasteiger partial charge in [0.05, 0.1) is 12.1 Å². The second kappa shape index (κ2) is 7.33. The van der Waals surface area contributed by atoms with Gasteiger partial charge in [0.15, 0.2) is 0 Å². The SMILES string of the molecule is CCC(=O)N1c2ncnn2[C@@H](c2ccc(Cl)cc2)C[C@H]1c1ccc(Cl)cc1. The summed E-state index contributed by atoms with van der Waals surface area (Å²) in [6.45, 7) is 1.85. The van der Waals surface area contributed by atoms with Gasteiger partial charge in [0.1, 0.15) is 6.33 Å². The number of nitrogens with zero attached hydrogens (tertiary/aromatic N) is 4. The second-order valence-corrected chi connectivity index (χ2v) is 7.37. The largest absolute Gasteiger partial charge is 0.274 e. The van der Waals surface area contributed by atoms with Crippen molar-refractivity contribution in [3.8, 4) is 0 Å². The molecule has 2 heterocycles. The van der Waals surface area contributed by atoms with E-state index in [9.17, 15) is 4.79 Å². The Morgan fingerprint density at radius 3 is 2.11 bits per heavy atom. The molecule has 0 radical (unpaired) electrons. The Bertz CT molecular complexity index is 953. The highest BCUT2D eigenvalue weighted by Crippen LogP contribution is 2.42. The van der Waals surface area contributed by atoms with Gasteiger partial charge < -0.3 is 0 Å². The fourth-order valence-corrected chi connectivity index (χ4v) is 3.83. The summed E-state index contributed by atoms with van der Waals surface area (Å²) in [5.74, 6) is 0.576. The Balaban J connectivity index is 1.83. The zero-order valence-electron chi connectivity index (χ0n) is 14.7. The highest BCUT2D eigenvalue weighted by molar-refractivity contribution is 6.30. The first-order chi connectivity index (χ1) is 13.1. The quantitative estimate of drug-likeness (QED) is 0.616. The van der Waals surface area contributed by atoms with E-state index in [0.29, 0.717) is 28.8 Å². The summed E-state index contributed by atoms with van der Waals surface area (Å²) in [5.41, 5.74) is 2.10. The monoisotopic (exact) mass is 400 g/mol. The van der Waals surface area contributed by atoms with Gasteiger partial charge >= 0.3 is 0 Å². The number of rotatable bonds is 3. The van der Waals surface area contributed by atoms with Crippen molar-refractivity contribution >= 4 is 35.1 Å². The van der Waals surface area contributed by atoms with Crippen LogP contribution < -0.4 is 4.90 Å². The maximum atomic E-state index is 12.8. The van der Waals surface area contributed by atoms with Crippen molar-refractivity contribution in [3.05, 3.63) is 76.0 Å². The molecule has 1 amide bonds. The molecule has 0 spiro atoms. The van der Waals surface area contributed by atoms with Crippen LogP contribution in [-0.4, -0.2) is 20.7 Å². The van der Waals surface area contributed by atoms with Gasteiger partial charge in [-0.2, -0.15) is 10.1 Å². The third-order valence-corrected chi connectivity index (χ3v) is 5.41. The van der Waals surface area contributed by atoms with E-state index >= 15 is 0 Å². The number of aromatic nitrogens is 3. The minimum atomic E-state index is -0.146. The molecule has 0 aliphatic carbocycles. The van der Waals surface area contributed by atoms with Crippen LogP contribution in [0.25, 0.3) is 0 Å². The van der Waals surface area contributed by atoms with Crippen molar-refractivity contribution < 1.29 is 4.79 Å². The molecule has 1 aliphatic heterocycles. The maximum Gasteiger partial charge on any atom is 0.231 e. The van der Waals surface area contributed by atoms with E-state index in [1.54, 1.807) is 4.90 Å². The Morgan fingerprint density at radius 1 is 1.00 bits per heavy atom. The van der Waals surface area contributed by atoms with Crippen LogP contribution in [0.5, 0.6) is 0 Å². The topological polar surface area (TPSA) is 51.0 Å². The smallest absolute Gasteiger partial charge is 0.231 e. The zero-order valence-corrected chi connectivity index (χ0v) is 16.2. The number of benzene rings is 2. The summed E-state index contributed by atoms with van der Waals surface area (Å²) in [5, 5.41) is 5.76. The van der Waals surface area contributed by atoms with Gasteiger partial charge in [0, 0.05) is 16.5 Å². The molecule has 2 atom stereocenters. The van der Waals surface area contributed by atoms with Gasteiger partial charge in [0.2, 0.25) is 11.9 Å². The van der Waals surface area contributed by atoms with E-state index in [-0.39, 0.29) is 18.0 Å². The van der Waals surface area contributed by atoms with Gasteiger partial charge in [-0.25, -0.2) is 4.68 Å². The van der Waals surface area contributed by atoms with E-state index in [2.05, 4.69) is 10.1 Å². The van der Waals surface area contributed by atoms with Crippen molar-refractivity contribution in [2.24, 2.45) is 0 Å². The molecular weight excluding hydrogens is 383 g/mol. The van der Waals surface area contributed by atoms with Crippen LogP contribution in [0.1, 0.15) is 43.0 Å². The van der Waals surface area contributed by atoms with Gasteiger partial charge in [-0.05, 0) is 41.8 Å². The Labute approximate surface area is 167 Å². The van der Waals surface area contributed by atoms with E-state index < -0.39 is 0 Å². The second-order valence-electron chi connectivity index (χ2n) is 6.49. The number of carbonyl (C=O) groups is 1. The molecule has 4 rings (SSSR count). The van der Waals surface area contributed by atoms with Crippen molar-refractivity contribution in [1.29, 1.82) is 0 Å². The van der Waals surface area contributed by atoms with Gasteiger partial charge in [0.25, 0.3) is 0 Å². The van der Waals surface area contributed by atoms with Crippen molar-refractivity contribution in [2.45, 2.75) is 31.8 Å². The van der Waals surface area contributed by atoms with Crippen LogP contribution in [0.2, 0.25) is 10.0 Å². The van der Waals surface area contributed by atoms with E-state index in [0.717, 1.165) is 11.1 Å². The predicted octanol–water partition coefficient (Wildman–Crippen LogP) is 5.06. The maximum absolute atomic E-state index is 12.8. The van der Waals surface area contributed by atoms with Crippen LogP contribution in [0.4, 0.5) is 5.95 Å². The summed E-state index contributed by atoms with van der Waals surface area (Å²) in [6.07, 6.45) is 2.58. The fourth-order valence-electron chi connectivity index (χ4n) is 3.58. The lowest BCUT2D eigenvalue weighted by Gasteiger charge is -2.39. The third-order valence-electron chi connectivity index (χ3n) is 4.90. The number of carbonyl (C=O) groups excluding carboxylic acids is 1. The summed E-state index contributed by atoms with van der Waals surface area (Å²) >= 11 is 12.1. The predicted molar refractivity (Wildman–Crippen MR) is 106 cm³/mol. The number of halogens is 2. The molecule has 138 valence electrons. The molecule has 0 bridgehead atoms. The normalized spacial score (nSPS) is 19.0. The van der Waals surface area contributed by atoms with E-state index in [4.69, 9.17) is 23.2 Å². The summed E-state index contributed by atoms with van der Waals surface area (Å²) in [6, 6.07) is 15.2. The number of hydrogen-bond donors (Lipinski definition) is 0. The van der Waals surface area contributed by atoms with Gasteiger partial charge in [-0.15, -0.1) is 0 Å². The number of anilines is 1. The molecule has 0 N–H and O–H groups in total.